The number of carbonyl (C=O) groups is 1. The summed E-state index contributed by atoms with van der Waals surface area (Å²) in [6.45, 7) is 2.04. The fraction of sp³-hybridized carbons (Fsp3) is 0.364. The highest BCUT2D eigenvalue weighted by molar-refractivity contribution is 9.10. The summed E-state index contributed by atoms with van der Waals surface area (Å²) in [5, 5.41) is 0. The normalized spacial score (nSPS) is 11.5. The molecule has 17 heavy (non-hydrogen) atoms. The molecule has 3 nitrogen and oxygen atoms in total. The number of hydrogen-bond acceptors (Lipinski definition) is 3. The maximum atomic E-state index is 13.2. The molecule has 0 amide bonds. The van der Waals surface area contributed by atoms with Crippen LogP contribution in [-0.2, 0) is 9.53 Å². The van der Waals surface area contributed by atoms with Crippen LogP contribution in [0.4, 0.5) is 4.39 Å². The third-order valence-electron chi connectivity index (χ3n) is 2.06. The van der Waals surface area contributed by atoms with Gasteiger partial charge in [0.05, 0.1) is 17.5 Å². The van der Waals surface area contributed by atoms with Gasteiger partial charge in [0.2, 0.25) is 0 Å². The maximum Gasteiger partial charge on any atom is 0.307 e. The smallest absolute Gasteiger partial charge is 0.307 e. The number of nitrogens with two attached hydrogens (primary N) is 1. The highest BCUT2D eigenvalue weighted by Crippen LogP contribution is 2.21. The summed E-state index contributed by atoms with van der Waals surface area (Å²) in [6, 6.07) is 4.02. The molecule has 2 N–H and O–H groups in total. The van der Waals surface area contributed by atoms with Gasteiger partial charge in [-0.1, -0.05) is 6.07 Å². The van der Waals surface area contributed by atoms with E-state index in [9.17, 15) is 9.18 Å². The molecule has 1 aromatic rings. The van der Waals surface area contributed by atoms with Gasteiger partial charge in [-0.3, -0.25) is 4.79 Å². The average Bonchev–Trinajstić information content (AvgIpc) is 2.22. The first kappa shape index (κ1) is 16.4. The van der Waals surface area contributed by atoms with Gasteiger partial charge in [0.25, 0.3) is 0 Å². The zero-order chi connectivity index (χ0) is 12.1. The molecule has 0 saturated carbocycles. The number of esters is 1. The number of halogens is 3. The van der Waals surface area contributed by atoms with Crippen LogP contribution in [-0.4, -0.2) is 12.6 Å². The Bertz CT molecular complexity index is 390. The van der Waals surface area contributed by atoms with Crippen molar-refractivity contribution >= 4 is 34.3 Å². The van der Waals surface area contributed by atoms with Crippen molar-refractivity contribution in [2.75, 3.05) is 6.61 Å². The van der Waals surface area contributed by atoms with E-state index in [0.29, 0.717) is 16.6 Å². The Hall–Kier alpha value is -0.650. The van der Waals surface area contributed by atoms with Crippen molar-refractivity contribution in [3.63, 3.8) is 0 Å². The fourth-order valence-electron chi connectivity index (χ4n) is 1.26. The molecule has 0 aliphatic carbocycles. The zero-order valence-corrected chi connectivity index (χ0v) is 11.7. The molecule has 0 aromatic heterocycles. The van der Waals surface area contributed by atoms with E-state index in [1.54, 1.807) is 19.1 Å². The minimum absolute atomic E-state index is 0. The Morgan fingerprint density at radius 2 is 2.24 bits per heavy atom. The molecule has 0 radical (unpaired) electrons. The number of rotatable bonds is 4. The third-order valence-corrected chi connectivity index (χ3v) is 2.71. The molecule has 1 atom stereocenters. The van der Waals surface area contributed by atoms with Gasteiger partial charge in [0.15, 0.2) is 0 Å². The van der Waals surface area contributed by atoms with Crippen molar-refractivity contribution in [3.05, 3.63) is 34.1 Å². The Morgan fingerprint density at radius 1 is 1.59 bits per heavy atom. The minimum Gasteiger partial charge on any atom is -0.466 e. The van der Waals surface area contributed by atoms with Crippen LogP contribution < -0.4 is 5.73 Å². The lowest BCUT2D eigenvalue weighted by Gasteiger charge is -2.11. The summed E-state index contributed by atoms with van der Waals surface area (Å²) in [7, 11) is 0. The van der Waals surface area contributed by atoms with Crippen LogP contribution in [0.3, 0.4) is 0 Å². The summed E-state index contributed by atoms with van der Waals surface area (Å²) in [6.07, 6.45) is 0.0505. The van der Waals surface area contributed by atoms with E-state index in [2.05, 4.69) is 15.9 Å². The second-order valence-electron chi connectivity index (χ2n) is 3.29. The van der Waals surface area contributed by atoms with Gasteiger partial charge in [0.1, 0.15) is 5.82 Å². The molecule has 6 heteroatoms. The van der Waals surface area contributed by atoms with E-state index in [4.69, 9.17) is 10.5 Å². The van der Waals surface area contributed by atoms with Gasteiger partial charge in [0, 0.05) is 6.04 Å². The van der Waals surface area contributed by atoms with Crippen LogP contribution in [0.1, 0.15) is 24.9 Å². The molecule has 0 saturated heterocycles. The van der Waals surface area contributed by atoms with Crippen molar-refractivity contribution < 1.29 is 13.9 Å². The molecule has 1 rings (SSSR count). The SMILES string of the molecule is CCOC(=O)C[C@H](N)c1ccc(Br)c(F)c1.Cl. The van der Waals surface area contributed by atoms with Crippen LogP contribution in [0, 0.1) is 5.82 Å². The number of ether oxygens (including phenoxy) is 1. The lowest BCUT2D eigenvalue weighted by Crippen LogP contribution is -2.17. The molecule has 0 bridgehead atoms. The Labute approximate surface area is 114 Å². The topological polar surface area (TPSA) is 52.3 Å². The van der Waals surface area contributed by atoms with Crippen LogP contribution >= 0.6 is 28.3 Å². The average molecular weight is 327 g/mol. The Morgan fingerprint density at radius 3 is 2.76 bits per heavy atom. The molecule has 0 unspecified atom stereocenters. The standard InChI is InChI=1S/C11H13BrFNO2.ClH/c1-2-16-11(15)6-10(14)7-3-4-8(12)9(13)5-7;/h3-5,10H,2,6,14H2,1H3;1H/t10-;/m0./s1. The molecule has 96 valence electrons. The molecule has 0 heterocycles. The van der Waals surface area contributed by atoms with Crippen LogP contribution in [0.25, 0.3) is 0 Å². The molecular weight excluding hydrogens is 312 g/mol. The van der Waals surface area contributed by atoms with E-state index in [1.165, 1.54) is 6.07 Å². The van der Waals surface area contributed by atoms with Crippen molar-refractivity contribution in [3.8, 4) is 0 Å². The van der Waals surface area contributed by atoms with Crippen LogP contribution in [0.15, 0.2) is 22.7 Å². The minimum atomic E-state index is -0.540. The fourth-order valence-corrected chi connectivity index (χ4v) is 1.51. The van der Waals surface area contributed by atoms with Crippen LogP contribution in [0.5, 0.6) is 0 Å². The summed E-state index contributed by atoms with van der Waals surface area (Å²) >= 11 is 3.05. The van der Waals surface area contributed by atoms with E-state index < -0.39 is 11.9 Å². The lowest BCUT2D eigenvalue weighted by molar-refractivity contribution is -0.143. The first-order valence-electron chi connectivity index (χ1n) is 4.90. The summed E-state index contributed by atoms with van der Waals surface area (Å²) in [4.78, 5) is 11.2. The number of benzene rings is 1. The van der Waals surface area contributed by atoms with Gasteiger partial charge in [-0.2, -0.15) is 0 Å². The quantitative estimate of drug-likeness (QED) is 0.866. The Kier molecular flexibility index (Phi) is 7.34. The first-order valence-corrected chi connectivity index (χ1v) is 5.70. The number of hydrogen-bond donors (Lipinski definition) is 1. The highest BCUT2D eigenvalue weighted by Gasteiger charge is 2.13. The van der Waals surface area contributed by atoms with Gasteiger partial charge in [-0.15, -0.1) is 12.4 Å². The predicted molar refractivity (Wildman–Crippen MR) is 69.5 cm³/mol. The maximum absolute atomic E-state index is 13.2. The second-order valence-corrected chi connectivity index (χ2v) is 4.14. The van der Waals surface area contributed by atoms with Crippen molar-refractivity contribution in [2.24, 2.45) is 5.73 Å². The molecule has 0 aliphatic heterocycles. The van der Waals surface area contributed by atoms with E-state index in [-0.39, 0.29) is 24.8 Å². The van der Waals surface area contributed by atoms with Gasteiger partial charge in [-0.25, -0.2) is 4.39 Å². The second kappa shape index (κ2) is 7.63. The van der Waals surface area contributed by atoms with Crippen molar-refractivity contribution in [2.45, 2.75) is 19.4 Å². The summed E-state index contributed by atoms with van der Waals surface area (Å²) in [5.74, 6) is -0.768. The van der Waals surface area contributed by atoms with Crippen LogP contribution in [0.2, 0.25) is 0 Å². The molecule has 1 aromatic carbocycles. The monoisotopic (exact) mass is 325 g/mol. The molecule has 0 fully saturated rings. The predicted octanol–water partition coefficient (Wildman–Crippen LogP) is 2.96. The molecule has 0 spiro atoms. The van der Waals surface area contributed by atoms with Gasteiger partial charge >= 0.3 is 5.97 Å². The van der Waals surface area contributed by atoms with Crippen molar-refractivity contribution in [1.29, 1.82) is 0 Å². The summed E-state index contributed by atoms with van der Waals surface area (Å²) < 4.78 is 18.3. The molecular formula is C11H14BrClFNO2. The van der Waals surface area contributed by atoms with Crippen molar-refractivity contribution in [1.82, 2.24) is 0 Å². The van der Waals surface area contributed by atoms with E-state index >= 15 is 0 Å². The van der Waals surface area contributed by atoms with Gasteiger partial charge in [-0.05, 0) is 40.5 Å². The molecule has 0 aliphatic rings. The zero-order valence-electron chi connectivity index (χ0n) is 9.28. The highest BCUT2D eigenvalue weighted by atomic mass is 79.9. The first-order chi connectivity index (χ1) is 7.54. The third kappa shape index (κ3) is 5.02. The van der Waals surface area contributed by atoms with E-state index in [1.807, 2.05) is 0 Å². The summed E-state index contributed by atoms with van der Waals surface area (Å²) in [5.41, 5.74) is 6.34. The lowest BCUT2D eigenvalue weighted by atomic mass is 10.0. The Balaban J connectivity index is 0.00000256. The largest absolute Gasteiger partial charge is 0.466 e. The van der Waals surface area contributed by atoms with E-state index in [0.717, 1.165) is 0 Å². The van der Waals surface area contributed by atoms with Gasteiger partial charge < -0.3 is 10.5 Å². The number of carbonyl (C=O) groups excluding carboxylic acids is 1.